The number of furan rings is 1. The molecule has 6 heteroatoms. The number of hydrogen-bond acceptors (Lipinski definition) is 4. The highest BCUT2D eigenvalue weighted by molar-refractivity contribution is 7.98. The van der Waals surface area contributed by atoms with Crippen LogP contribution in [-0.2, 0) is 6.42 Å². The van der Waals surface area contributed by atoms with E-state index in [1.807, 2.05) is 24.3 Å². The van der Waals surface area contributed by atoms with Gasteiger partial charge in [0.15, 0.2) is 5.82 Å². The van der Waals surface area contributed by atoms with E-state index in [0.29, 0.717) is 17.9 Å². The summed E-state index contributed by atoms with van der Waals surface area (Å²) < 4.78 is 7.16. The van der Waals surface area contributed by atoms with Gasteiger partial charge in [-0.1, -0.05) is 6.07 Å². The van der Waals surface area contributed by atoms with Gasteiger partial charge in [0.25, 0.3) is 5.56 Å². The number of nitrogens with one attached hydrogen (secondary N) is 1. The molecular weight excluding hydrogens is 346 g/mol. The maximum absolute atomic E-state index is 13.2. The number of imidazole rings is 1. The van der Waals surface area contributed by atoms with Gasteiger partial charge in [0.1, 0.15) is 11.5 Å². The third-order valence-electron chi connectivity index (χ3n) is 5.04. The van der Waals surface area contributed by atoms with Gasteiger partial charge in [0, 0.05) is 5.25 Å². The monoisotopic (exact) mass is 367 g/mol. The van der Waals surface area contributed by atoms with E-state index in [1.54, 1.807) is 22.6 Å². The van der Waals surface area contributed by atoms with Crippen molar-refractivity contribution in [3.05, 3.63) is 69.2 Å². The van der Waals surface area contributed by atoms with Crippen LogP contribution in [0, 0.1) is 13.8 Å². The standard InChI is InChI=1S/C20H21N3O2S/c1-11-7-8-16-17(12(11)2)22-18(13(3)26-4)19-21-15(20(24)23(16)19)10-14-6-5-9-25-14/h5-9,13,22H,10H2,1-4H3. The average Bonchev–Trinajstić information content (AvgIpc) is 3.26. The van der Waals surface area contributed by atoms with Crippen molar-refractivity contribution in [2.75, 3.05) is 6.26 Å². The Labute approximate surface area is 155 Å². The largest absolute Gasteiger partial charge is 0.469 e. The molecule has 1 unspecified atom stereocenters. The van der Waals surface area contributed by atoms with Crippen LogP contribution in [0.2, 0.25) is 0 Å². The number of nitrogens with zero attached hydrogens (tertiary/aromatic N) is 2. The second kappa shape index (κ2) is 6.36. The van der Waals surface area contributed by atoms with Crippen LogP contribution in [-0.4, -0.2) is 20.8 Å². The first-order valence-corrected chi connectivity index (χ1v) is 9.88. The van der Waals surface area contributed by atoms with E-state index in [1.165, 1.54) is 5.56 Å². The summed E-state index contributed by atoms with van der Waals surface area (Å²) in [5.41, 5.74) is 5.61. The van der Waals surface area contributed by atoms with E-state index in [-0.39, 0.29) is 10.8 Å². The Morgan fingerprint density at radius 1 is 1.31 bits per heavy atom. The van der Waals surface area contributed by atoms with Crippen LogP contribution >= 0.6 is 11.8 Å². The third kappa shape index (κ3) is 2.56. The van der Waals surface area contributed by atoms with E-state index in [0.717, 1.165) is 28.1 Å². The number of aromatic amines is 1. The zero-order valence-corrected chi connectivity index (χ0v) is 16.1. The van der Waals surface area contributed by atoms with Crippen molar-refractivity contribution in [2.24, 2.45) is 0 Å². The van der Waals surface area contributed by atoms with E-state index in [4.69, 9.17) is 9.40 Å². The number of aromatic nitrogens is 3. The maximum Gasteiger partial charge on any atom is 0.279 e. The highest BCUT2D eigenvalue weighted by Crippen LogP contribution is 2.33. The molecule has 0 saturated heterocycles. The molecule has 0 fully saturated rings. The molecule has 0 amide bonds. The number of hydrogen-bond donors (Lipinski definition) is 1. The summed E-state index contributed by atoms with van der Waals surface area (Å²) in [5.74, 6) is 1.44. The molecule has 1 aromatic heterocycles. The minimum absolute atomic E-state index is 0.0757. The fourth-order valence-electron chi connectivity index (χ4n) is 3.29. The number of fused-ring (bicyclic) bond motifs is 3. The topological polar surface area (TPSA) is 63.8 Å². The molecule has 0 aliphatic carbocycles. The van der Waals surface area contributed by atoms with Crippen LogP contribution in [0.4, 0.5) is 0 Å². The molecule has 3 heterocycles. The Balaban J connectivity index is 2.06. The van der Waals surface area contributed by atoms with Crippen LogP contribution < -0.4 is 5.56 Å². The molecular formula is C20H21N3O2S. The van der Waals surface area contributed by atoms with Crippen LogP contribution in [0.15, 0.2) is 39.7 Å². The summed E-state index contributed by atoms with van der Waals surface area (Å²) in [5, 5.41) is 0.195. The Hall–Kier alpha value is -2.47. The number of H-pyrrole nitrogens is 1. The van der Waals surface area contributed by atoms with Gasteiger partial charge in [-0.05, 0) is 56.4 Å². The Morgan fingerprint density at radius 3 is 2.81 bits per heavy atom. The first-order chi connectivity index (χ1) is 12.5. The van der Waals surface area contributed by atoms with Crippen LogP contribution in [0.25, 0.3) is 16.9 Å². The van der Waals surface area contributed by atoms with Crippen LogP contribution in [0.5, 0.6) is 0 Å². The van der Waals surface area contributed by atoms with E-state index < -0.39 is 0 Å². The third-order valence-corrected chi connectivity index (χ3v) is 5.98. The smallest absolute Gasteiger partial charge is 0.279 e. The summed E-state index contributed by atoms with van der Waals surface area (Å²) >= 11 is 1.73. The lowest BCUT2D eigenvalue weighted by Gasteiger charge is -2.18. The van der Waals surface area contributed by atoms with E-state index >= 15 is 0 Å². The zero-order valence-electron chi connectivity index (χ0n) is 15.3. The first-order valence-electron chi connectivity index (χ1n) is 8.60. The summed E-state index contributed by atoms with van der Waals surface area (Å²) in [6, 6.07) is 7.74. The van der Waals surface area contributed by atoms with E-state index in [9.17, 15) is 4.79 Å². The Bertz CT molecular complexity index is 1110. The molecule has 0 radical (unpaired) electrons. The molecule has 0 bridgehead atoms. The minimum atomic E-state index is -0.0757. The van der Waals surface area contributed by atoms with Crippen molar-refractivity contribution < 1.29 is 4.42 Å². The Morgan fingerprint density at radius 2 is 2.12 bits per heavy atom. The molecule has 1 atom stereocenters. The van der Waals surface area contributed by atoms with Gasteiger partial charge >= 0.3 is 0 Å². The van der Waals surface area contributed by atoms with Gasteiger partial charge in [-0.15, -0.1) is 0 Å². The lowest BCUT2D eigenvalue weighted by Crippen LogP contribution is -2.19. The first kappa shape index (κ1) is 17.0. The maximum atomic E-state index is 13.2. The fourth-order valence-corrected chi connectivity index (χ4v) is 3.69. The molecule has 1 aromatic carbocycles. The van der Waals surface area contributed by atoms with Gasteiger partial charge in [-0.25, -0.2) is 4.98 Å². The number of rotatable bonds is 4. The lowest BCUT2D eigenvalue weighted by molar-refractivity contribution is 0.519. The van der Waals surface area contributed by atoms with Crippen LogP contribution in [0.1, 0.15) is 40.4 Å². The summed E-state index contributed by atoms with van der Waals surface area (Å²) in [6.45, 7) is 6.29. The van der Waals surface area contributed by atoms with E-state index in [2.05, 4.69) is 32.0 Å². The molecule has 134 valence electrons. The molecule has 5 nitrogen and oxygen atoms in total. The van der Waals surface area contributed by atoms with Crippen molar-refractivity contribution in [1.82, 2.24) is 14.5 Å². The highest BCUT2D eigenvalue weighted by Gasteiger charge is 2.24. The molecule has 0 saturated carbocycles. The summed E-state index contributed by atoms with van der Waals surface area (Å²) in [6.07, 6.45) is 4.08. The predicted octanol–water partition coefficient (Wildman–Crippen LogP) is 4.38. The SMILES string of the molecule is CSC(C)c1[nH]c2c(C)c(C)ccc2n2c(=O)c(Cc3ccco3)nc1-2. The van der Waals surface area contributed by atoms with Crippen molar-refractivity contribution in [2.45, 2.75) is 32.4 Å². The lowest BCUT2D eigenvalue weighted by atomic mass is 10.1. The Kier molecular flexibility index (Phi) is 4.15. The molecule has 2 aliphatic heterocycles. The number of aryl methyl sites for hydroxylation is 2. The van der Waals surface area contributed by atoms with Gasteiger partial charge in [0.2, 0.25) is 0 Å². The van der Waals surface area contributed by atoms with Gasteiger partial charge in [0.05, 0.1) is 29.4 Å². The second-order valence-electron chi connectivity index (χ2n) is 6.60. The molecule has 2 aromatic rings. The zero-order chi connectivity index (χ0) is 18.4. The highest BCUT2D eigenvalue weighted by atomic mass is 32.2. The fraction of sp³-hybridized carbons (Fsp3) is 0.300. The van der Waals surface area contributed by atoms with Gasteiger partial charge in [-0.3, -0.25) is 9.36 Å². The van der Waals surface area contributed by atoms with Crippen molar-refractivity contribution in [3.8, 4) is 5.82 Å². The summed E-state index contributed by atoms with van der Waals surface area (Å²) in [7, 11) is 0. The summed E-state index contributed by atoms with van der Waals surface area (Å²) in [4.78, 5) is 21.4. The van der Waals surface area contributed by atoms with Crippen LogP contribution in [0.3, 0.4) is 0 Å². The molecule has 2 aliphatic rings. The number of benzene rings is 1. The second-order valence-corrected chi connectivity index (χ2v) is 7.78. The quantitative estimate of drug-likeness (QED) is 0.581. The van der Waals surface area contributed by atoms with Gasteiger partial charge in [-0.2, -0.15) is 11.8 Å². The van der Waals surface area contributed by atoms with Gasteiger partial charge < -0.3 is 9.40 Å². The number of thioether (sulfide) groups is 1. The molecule has 26 heavy (non-hydrogen) atoms. The van der Waals surface area contributed by atoms with Crippen molar-refractivity contribution in [1.29, 1.82) is 0 Å². The molecule has 4 rings (SSSR count). The van der Waals surface area contributed by atoms with Crippen molar-refractivity contribution >= 4 is 22.8 Å². The molecule has 1 N–H and O–H groups in total. The normalized spacial score (nSPS) is 12.9. The molecule has 0 spiro atoms. The van der Waals surface area contributed by atoms with Crippen molar-refractivity contribution in [3.63, 3.8) is 0 Å². The predicted molar refractivity (Wildman–Crippen MR) is 106 cm³/mol. The average molecular weight is 367 g/mol. The minimum Gasteiger partial charge on any atom is -0.469 e.